The van der Waals surface area contributed by atoms with Crippen LogP contribution in [0, 0.1) is 13.8 Å². The number of pyridine rings is 1. The number of aromatic nitrogens is 1. The van der Waals surface area contributed by atoms with Crippen molar-refractivity contribution in [3.05, 3.63) is 65.0 Å². The number of carbonyl (C=O) groups excluding carboxylic acids is 1. The van der Waals surface area contributed by atoms with Crippen LogP contribution in [0.4, 0.5) is 0 Å². The predicted molar refractivity (Wildman–Crippen MR) is 97.5 cm³/mol. The van der Waals surface area contributed by atoms with Crippen molar-refractivity contribution < 1.29 is 4.79 Å². The summed E-state index contributed by atoms with van der Waals surface area (Å²) in [6, 6.07) is 12.3. The Morgan fingerprint density at radius 2 is 2.04 bits per heavy atom. The molecule has 23 heavy (non-hydrogen) atoms. The van der Waals surface area contributed by atoms with Crippen LogP contribution in [-0.2, 0) is 10.5 Å². The van der Waals surface area contributed by atoms with Crippen LogP contribution in [0.2, 0.25) is 0 Å². The zero-order valence-corrected chi connectivity index (χ0v) is 14.8. The lowest BCUT2D eigenvalue weighted by molar-refractivity contribution is -0.119. The summed E-state index contributed by atoms with van der Waals surface area (Å²) >= 11 is 1.65. The molecule has 0 aliphatic carbocycles. The molecule has 0 unspecified atom stereocenters. The van der Waals surface area contributed by atoms with Gasteiger partial charge in [-0.05, 0) is 49.1 Å². The van der Waals surface area contributed by atoms with Gasteiger partial charge in [-0.3, -0.25) is 9.78 Å². The monoisotopic (exact) mass is 328 g/mol. The lowest BCUT2D eigenvalue weighted by atomic mass is 10.1. The van der Waals surface area contributed by atoms with Crippen molar-refractivity contribution in [1.82, 2.24) is 10.3 Å². The minimum Gasteiger partial charge on any atom is -0.347 e. The van der Waals surface area contributed by atoms with Crippen molar-refractivity contribution >= 4 is 17.7 Å². The maximum atomic E-state index is 12.2. The number of aryl methyl sites for hydroxylation is 2. The molecule has 0 saturated heterocycles. The Morgan fingerprint density at radius 3 is 2.74 bits per heavy atom. The molecule has 122 valence electrons. The highest BCUT2D eigenvalue weighted by molar-refractivity contribution is 7.99. The molecule has 0 radical (unpaired) electrons. The molecule has 1 N–H and O–H groups in total. The second-order valence-electron chi connectivity index (χ2n) is 5.71. The van der Waals surface area contributed by atoms with Crippen LogP contribution in [0.5, 0.6) is 0 Å². The minimum atomic E-state index is -0.0125. The van der Waals surface area contributed by atoms with Gasteiger partial charge in [-0.1, -0.05) is 31.2 Å². The molecule has 1 aromatic carbocycles. The number of thioether (sulfide) groups is 1. The average molecular weight is 328 g/mol. The van der Waals surface area contributed by atoms with Gasteiger partial charge in [-0.15, -0.1) is 11.8 Å². The first-order valence-electron chi connectivity index (χ1n) is 7.94. The quantitative estimate of drug-likeness (QED) is 0.828. The smallest absolute Gasteiger partial charge is 0.230 e. The van der Waals surface area contributed by atoms with E-state index in [2.05, 4.69) is 36.3 Å². The van der Waals surface area contributed by atoms with E-state index in [9.17, 15) is 4.79 Å². The Labute approximate surface area is 142 Å². The van der Waals surface area contributed by atoms with Crippen molar-refractivity contribution in [2.45, 2.75) is 39.0 Å². The van der Waals surface area contributed by atoms with Crippen molar-refractivity contribution in [1.29, 1.82) is 0 Å². The summed E-state index contributed by atoms with van der Waals surface area (Å²) in [6.07, 6.45) is 2.64. The van der Waals surface area contributed by atoms with Crippen LogP contribution >= 0.6 is 11.8 Å². The molecule has 1 atom stereocenters. The van der Waals surface area contributed by atoms with Crippen LogP contribution in [0.1, 0.15) is 41.8 Å². The second kappa shape index (κ2) is 8.73. The summed E-state index contributed by atoms with van der Waals surface area (Å²) in [7, 11) is 0. The van der Waals surface area contributed by atoms with Gasteiger partial charge in [-0.25, -0.2) is 0 Å². The molecular weight excluding hydrogens is 304 g/mol. The largest absolute Gasteiger partial charge is 0.347 e. The fourth-order valence-corrected chi connectivity index (χ4v) is 3.31. The van der Waals surface area contributed by atoms with Crippen molar-refractivity contribution in [2.24, 2.45) is 0 Å². The normalized spacial score (nSPS) is 12.0. The van der Waals surface area contributed by atoms with Crippen molar-refractivity contribution in [3.63, 3.8) is 0 Å². The van der Waals surface area contributed by atoms with Crippen LogP contribution in [0.3, 0.4) is 0 Å². The highest BCUT2D eigenvalue weighted by Crippen LogP contribution is 2.18. The van der Waals surface area contributed by atoms with E-state index in [-0.39, 0.29) is 11.9 Å². The third kappa shape index (κ3) is 5.39. The molecule has 2 rings (SSSR count). The number of nitrogens with zero attached hydrogens (tertiary/aromatic N) is 1. The third-order valence-electron chi connectivity index (χ3n) is 3.79. The molecule has 4 heteroatoms. The predicted octanol–water partition coefficient (Wildman–Crippen LogP) is 4.20. The van der Waals surface area contributed by atoms with Gasteiger partial charge >= 0.3 is 0 Å². The summed E-state index contributed by atoms with van der Waals surface area (Å²) < 4.78 is 0. The van der Waals surface area contributed by atoms with E-state index >= 15 is 0 Å². The van der Waals surface area contributed by atoms with E-state index in [0.29, 0.717) is 5.75 Å². The molecule has 0 fully saturated rings. The first-order valence-corrected chi connectivity index (χ1v) is 9.09. The van der Waals surface area contributed by atoms with E-state index in [4.69, 9.17) is 0 Å². The number of rotatable bonds is 7. The van der Waals surface area contributed by atoms with Gasteiger partial charge in [0.2, 0.25) is 5.91 Å². The molecule has 0 aliphatic rings. The van der Waals surface area contributed by atoms with Gasteiger partial charge < -0.3 is 5.32 Å². The van der Waals surface area contributed by atoms with Crippen molar-refractivity contribution in [3.8, 4) is 0 Å². The number of amides is 1. The number of carbonyl (C=O) groups is 1. The standard InChI is InChI=1S/C19H24N2OS/c1-4-17(18-11-14(2)9-10-20-18)21-19(22)13-23-12-16-8-6-5-7-15(16)3/h5-11,17H,4,12-13H2,1-3H3,(H,21,22)/t17-/m1/s1. The summed E-state index contributed by atoms with van der Waals surface area (Å²) in [5.74, 6) is 1.40. The number of hydrogen-bond acceptors (Lipinski definition) is 3. The van der Waals surface area contributed by atoms with Crippen LogP contribution < -0.4 is 5.32 Å². The van der Waals surface area contributed by atoms with Crippen LogP contribution in [-0.4, -0.2) is 16.6 Å². The molecular formula is C19H24N2OS. The Hall–Kier alpha value is -1.81. The summed E-state index contributed by atoms with van der Waals surface area (Å²) in [6.45, 7) is 6.21. The van der Waals surface area contributed by atoms with Crippen molar-refractivity contribution in [2.75, 3.05) is 5.75 Å². The molecule has 2 aromatic rings. The fourth-order valence-electron chi connectivity index (χ4n) is 2.40. The number of nitrogens with one attached hydrogen (secondary N) is 1. The van der Waals surface area contributed by atoms with Gasteiger partial charge in [0.05, 0.1) is 17.5 Å². The SMILES string of the molecule is CC[C@@H](NC(=O)CSCc1ccccc1C)c1cc(C)ccn1. The van der Waals surface area contributed by atoms with Gasteiger partial charge in [0, 0.05) is 11.9 Å². The fraction of sp³-hybridized carbons (Fsp3) is 0.368. The van der Waals surface area contributed by atoms with Gasteiger partial charge in [0.15, 0.2) is 0 Å². The van der Waals surface area contributed by atoms with E-state index in [1.807, 2.05) is 31.2 Å². The van der Waals surface area contributed by atoms with E-state index in [1.54, 1.807) is 18.0 Å². The first-order chi connectivity index (χ1) is 11.1. The molecule has 0 saturated carbocycles. The van der Waals surface area contributed by atoms with Crippen LogP contribution in [0.25, 0.3) is 0 Å². The van der Waals surface area contributed by atoms with Gasteiger partial charge in [0.1, 0.15) is 0 Å². The molecule has 3 nitrogen and oxygen atoms in total. The zero-order valence-electron chi connectivity index (χ0n) is 14.0. The van der Waals surface area contributed by atoms with Gasteiger partial charge in [0.25, 0.3) is 0 Å². The molecule has 1 heterocycles. The second-order valence-corrected chi connectivity index (χ2v) is 6.69. The highest BCUT2D eigenvalue weighted by Gasteiger charge is 2.14. The lowest BCUT2D eigenvalue weighted by Crippen LogP contribution is -2.30. The Morgan fingerprint density at radius 1 is 1.26 bits per heavy atom. The first kappa shape index (κ1) is 17.5. The Bertz CT molecular complexity index is 657. The Kier molecular flexibility index (Phi) is 6.66. The summed E-state index contributed by atoms with van der Waals surface area (Å²) in [4.78, 5) is 16.6. The van der Waals surface area contributed by atoms with Gasteiger partial charge in [-0.2, -0.15) is 0 Å². The maximum Gasteiger partial charge on any atom is 0.230 e. The highest BCUT2D eigenvalue weighted by atomic mass is 32.2. The van der Waals surface area contributed by atoms with E-state index in [0.717, 1.165) is 23.4 Å². The van der Waals surface area contributed by atoms with Crippen LogP contribution in [0.15, 0.2) is 42.6 Å². The Balaban J connectivity index is 1.85. The number of hydrogen-bond donors (Lipinski definition) is 1. The summed E-state index contributed by atoms with van der Waals surface area (Å²) in [5.41, 5.74) is 4.66. The summed E-state index contributed by atoms with van der Waals surface area (Å²) in [5, 5.41) is 3.09. The molecule has 1 amide bonds. The molecule has 0 aliphatic heterocycles. The average Bonchev–Trinajstić information content (AvgIpc) is 2.54. The van der Waals surface area contributed by atoms with E-state index < -0.39 is 0 Å². The molecule has 1 aromatic heterocycles. The lowest BCUT2D eigenvalue weighted by Gasteiger charge is -2.17. The molecule has 0 spiro atoms. The molecule has 0 bridgehead atoms. The zero-order chi connectivity index (χ0) is 16.7. The van der Waals surface area contributed by atoms with E-state index in [1.165, 1.54) is 11.1 Å². The maximum absolute atomic E-state index is 12.2. The third-order valence-corrected chi connectivity index (χ3v) is 4.77. The number of benzene rings is 1. The topological polar surface area (TPSA) is 42.0 Å². The minimum absolute atomic E-state index is 0.0125.